The molecule has 0 amide bonds. The first-order valence-electron chi connectivity index (χ1n) is 5.84. The Kier molecular flexibility index (Phi) is 3.61. The van der Waals surface area contributed by atoms with E-state index in [1.807, 2.05) is 6.92 Å². The van der Waals surface area contributed by atoms with Gasteiger partial charge in [-0.15, -0.1) is 0 Å². The van der Waals surface area contributed by atoms with E-state index in [1.165, 1.54) is 12.8 Å². The predicted octanol–water partition coefficient (Wildman–Crippen LogP) is 0.212. The van der Waals surface area contributed by atoms with Gasteiger partial charge >= 0.3 is 0 Å². The molecule has 4 nitrogen and oxygen atoms in total. The second-order valence-corrected chi connectivity index (χ2v) is 4.75. The zero-order valence-corrected chi connectivity index (χ0v) is 9.69. The Balaban J connectivity index is 1.78. The summed E-state index contributed by atoms with van der Waals surface area (Å²) in [5.74, 6) is 0. The van der Waals surface area contributed by atoms with E-state index < -0.39 is 0 Å². The standard InChI is InChI=1S/C11H22N2O2/c1-8(12)11-7-13(3-4-15-11)9-5-10(6-9)14-2/h8-11H,3-7,12H2,1-2H3. The molecule has 1 saturated heterocycles. The van der Waals surface area contributed by atoms with Gasteiger partial charge in [-0.05, 0) is 19.8 Å². The number of nitrogens with two attached hydrogens (primary N) is 1. The highest BCUT2D eigenvalue weighted by Gasteiger charge is 2.36. The molecule has 0 aromatic carbocycles. The van der Waals surface area contributed by atoms with E-state index in [1.54, 1.807) is 7.11 Å². The molecule has 2 aliphatic rings. The van der Waals surface area contributed by atoms with E-state index in [-0.39, 0.29) is 12.1 Å². The normalized spacial score (nSPS) is 39.8. The first-order valence-corrected chi connectivity index (χ1v) is 5.84. The van der Waals surface area contributed by atoms with E-state index >= 15 is 0 Å². The van der Waals surface area contributed by atoms with E-state index in [9.17, 15) is 0 Å². The molecule has 4 heteroatoms. The molecule has 2 unspecified atom stereocenters. The maximum atomic E-state index is 5.87. The van der Waals surface area contributed by atoms with Crippen LogP contribution in [0.15, 0.2) is 0 Å². The monoisotopic (exact) mass is 214 g/mol. The molecule has 2 N–H and O–H groups in total. The maximum absolute atomic E-state index is 5.87. The van der Waals surface area contributed by atoms with E-state index in [2.05, 4.69) is 4.90 Å². The Morgan fingerprint density at radius 2 is 2.20 bits per heavy atom. The summed E-state index contributed by atoms with van der Waals surface area (Å²) >= 11 is 0. The number of ether oxygens (including phenoxy) is 2. The van der Waals surface area contributed by atoms with Crippen LogP contribution in [0.4, 0.5) is 0 Å². The zero-order valence-electron chi connectivity index (χ0n) is 9.69. The molecule has 2 atom stereocenters. The van der Waals surface area contributed by atoms with E-state index in [4.69, 9.17) is 15.2 Å². The van der Waals surface area contributed by atoms with Crippen molar-refractivity contribution in [2.75, 3.05) is 26.8 Å². The Hall–Kier alpha value is -0.160. The van der Waals surface area contributed by atoms with Crippen LogP contribution >= 0.6 is 0 Å². The topological polar surface area (TPSA) is 47.7 Å². The largest absolute Gasteiger partial charge is 0.381 e. The number of morpholine rings is 1. The number of nitrogens with zero attached hydrogens (tertiary/aromatic N) is 1. The number of methoxy groups -OCH3 is 1. The van der Waals surface area contributed by atoms with Crippen molar-refractivity contribution in [3.63, 3.8) is 0 Å². The molecular weight excluding hydrogens is 192 g/mol. The van der Waals surface area contributed by atoms with Gasteiger partial charge in [0.25, 0.3) is 0 Å². The summed E-state index contributed by atoms with van der Waals surface area (Å²) in [6, 6.07) is 0.825. The summed E-state index contributed by atoms with van der Waals surface area (Å²) < 4.78 is 10.9. The molecule has 1 heterocycles. The van der Waals surface area contributed by atoms with Crippen LogP contribution in [0.2, 0.25) is 0 Å². The van der Waals surface area contributed by atoms with Gasteiger partial charge in [-0.2, -0.15) is 0 Å². The minimum Gasteiger partial charge on any atom is -0.381 e. The van der Waals surface area contributed by atoms with Crippen molar-refractivity contribution in [2.24, 2.45) is 5.73 Å². The highest BCUT2D eigenvalue weighted by molar-refractivity contribution is 4.91. The minimum absolute atomic E-state index is 0.131. The van der Waals surface area contributed by atoms with E-state index in [0.717, 1.165) is 19.7 Å². The molecule has 88 valence electrons. The lowest BCUT2D eigenvalue weighted by atomic mass is 9.87. The molecule has 0 aromatic rings. The lowest BCUT2D eigenvalue weighted by Crippen LogP contribution is -2.56. The van der Waals surface area contributed by atoms with Crippen LogP contribution in [0, 0.1) is 0 Å². The first kappa shape index (κ1) is 11.3. The van der Waals surface area contributed by atoms with Crippen LogP contribution in [0.3, 0.4) is 0 Å². The predicted molar refractivity (Wildman–Crippen MR) is 58.8 cm³/mol. The molecule has 0 aromatic heterocycles. The van der Waals surface area contributed by atoms with Crippen molar-refractivity contribution in [3.8, 4) is 0 Å². The fraction of sp³-hybridized carbons (Fsp3) is 1.00. The van der Waals surface area contributed by atoms with Gasteiger partial charge in [0, 0.05) is 32.3 Å². The van der Waals surface area contributed by atoms with Gasteiger partial charge in [0.05, 0.1) is 18.8 Å². The summed E-state index contributed by atoms with van der Waals surface area (Å²) in [6.45, 7) is 4.87. The van der Waals surface area contributed by atoms with Crippen LogP contribution in [-0.4, -0.2) is 56.0 Å². The van der Waals surface area contributed by atoms with Gasteiger partial charge in [-0.3, -0.25) is 4.90 Å². The van der Waals surface area contributed by atoms with Crippen LogP contribution in [0.1, 0.15) is 19.8 Å². The van der Waals surface area contributed by atoms with Crippen LogP contribution in [0.25, 0.3) is 0 Å². The SMILES string of the molecule is COC1CC(N2CCOC(C(C)N)C2)C1. The minimum atomic E-state index is 0.131. The smallest absolute Gasteiger partial charge is 0.0850 e. The third-order valence-electron chi connectivity index (χ3n) is 3.63. The third-order valence-corrected chi connectivity index (χ3v) is 3.63. The summed E-state index contributed by atoms with van der Waals surface area (Å²) in [5.41, 5.74) is 5.87. The number of hydrogen-bond donors (Lipinski definition) is 1. The average molecular weight is 214 g/mol. The van der Waals surface area contributed by atoms with Crippen LogP contribution < -0.4 is 5.73 Å². The summed E-state index contributed by atoms with van der Waals surface area (Å²) in [5, 5.41) is 0. The van der Waals surface area contributed by atoms with Gasteiger partial charge in [-0.1, -0.05) is 0 Å². The van der Waals surface area contributed by atoms with E-state index in [0.29, 0.717) is 12.1 Å². The highest BCUT2D eigenvalue weighted by Crippen LogP contribution is 2.29. The Bertz CT molecular complexity index is 205. The van der Waals surface area contributed by atoms with Crippen molar-refractivity contribution >= 4 is 0 Å². The molecule has 2 fully saturated rings. The third kappa shape index (κ3) is 2.50. The number of rotatable bonds is 3. The quantitative estimate of drug-likeness (QED) is 0.729. The Morgan fingerprint density at radius 1 is 1.47 bits per heavy atom. The molecule has 1 saturated carbocycles. The molecule has 1 aliphatic carbocycles. The molecule has 0 radical (unpaired) electrons. The average Bonchev–Trinajstić information content (AvgIpc) is 2.16. The molecule has 0 bridgehead atoms. The first-order chi connectivity index (χ1) is 7.20. The van der Waals surface area contributed by atoms with Gasteiger partial charge in [0.2, 0.25) is 0 Å². The van der Waals surface area contributed by atoms with Crippen molar-refractivity contribution in [3.05, 3.63) is 0 Å². The lowest BCUT2D eigenvalue weighted by Gasteiger charge is -2.46. The fourth-order valence-electron chi connectivity index (χ4n) is 2.37. The highest BCUT2D eigenvalue weighted by atomic mass is 16.5. The molecule has 0 spiro atoms. The van der Waals surface area contributed by atoms with Crippen molar-refractivity contribution in [1.29, 1.82) is 0 Å². The van der Waals surface area contributed by atoms with Gasteiger partial charge in [0.1, 0.15) is 0 Å². The van der Waals surface area contributed by atoms with Gasteiger partial charge in [-0.25, -0.2) is 0 Å². The summed E-state index contributed by atoms with van der Waals surface area (Å²) in [6.07, 6.45) is 3.02. The van der Waals surface area contributed by atoms with Gasteiger partial charge in [0.15, 0.2) is 0 Å². The van der Waals surface area contributed by atoms with Crippen molar-refractivity contribution in [2.45, 2.75) is 44.1 Å². The second kappa shape index (κ2) is 4.78. The number of hydrogen-bond acceptors (Lipinski definition) is 4. The van der Waals surface area contributed by atoms with Crippen molar-refractivity contribution in [1.82, 2.24) is 4.90 Å². The second-order valence-electron chi connectivity index (χ2n) is 4.75. The van der Waals surface area contributed by atoms with Crippen LogP contribution in [0.5, 0.6) is 0 Å². The van der Waals surface area contributed by atoms with Crippen LogP contribution in [-0.2, 0) is 9.47 Å². The Morgan fingerprint density at radius 3 is 2.80 bits per heavy atom. The Labute approximate surface area is 91.7 Å². The molecule has 15 heavy (non-hydrogen) atoms. The maximum Gasteiger partial charge on any atom is 0.0850 e. The fourth-order valence-corrected chi connectivity index (χ4v) is 2.37. The molecular formula is C11H22N2O2. The molecule has 1 aliphatic heterocycles. The zero-order chi connectivity index (χ0) is 10.8. The summed E-state index contributed by atoms with van der Waals surface area (Å²) in [4.78, 5) is 2.51. The van der Waals surface area contributed by atoms with Gasteiger partial charge < -0.3 is 15.2 Å². The summed E-state index contributed by atoms with van der Waals surface area (Å²) in [7, 11) is 1.80. The molecule has 2 rings (SSSR count). The lowest BCUT2D eigenvalue weighted by molar-refractivity contribution is -0.0915. The van der Waals surface area contributed by atoms with Crippen molar-refractivity contribution < 1.29 is 9.47 Å².